The number of nitrogens with one attached hydrogen (secondary N) is 1. The van der Waals surface area contributed by atoms with Crippen LogP contribution in [0.2, 0.25) is 0 Å². The third-order valence-electron chi connectivity index (χ3n) is 5.22. The van der Waals surface area contributed by atoms with Gasteiger partial charge in [-0.05, 0) is 44.4 Å². The summed E-state index contributed by atoms with van der Waals surface area (Å²) in [6.45, 7) is 6.49. The normalized spacial score (nSPS) is 13.2. The summed E-state index contributed by atoms with van der Waals surface area (Å²) in [4.78, 5) is 19.7. The number of amides is 1. The van der Waals surface area contributed by atoms with Crippen LogP contribution in [0.4, 0.5) is 5.69 Å². The maximum Gasteiger partial charge on any atom is 0.252 e. The van der Waals surface area contributed by atoms with E-state index in [1.807, 2.05) is 27.0 Å². The van der Waals surface area contributed by atoms with Crippen LogP contribution in [0.1, 0.15) is 33.7 Å². The molecule has 2 aromatic heterocycles. The van der Waals surface area contributed by atoms with E-state index in [-0.39, 0.29) is 5.91 Å². The van der Waals surface area contributed by atoms with Gasteiger partial charge in [-0.1, -0.05) is 18.2 Å². The standard InChI is InChI=1S/C21H25N5O/c1-14-13-17(19-15(2)24-25(3)20(19)23-14)21(27)22-10-6-11-26-12-9-16-7-4-5-8-18(16)26/h4-5,7-8,13H,6,9-12H2,1-3H3,(H,22,27). The van der Waals surface area contributed by atoms with Crippen molar-refractivity contribution in [1.82, 2.24) is 20.1 Å². The molecule has 0 radical (unpaired) electrons. The largest absolute Gasteiger partial charge is 0.371 e. The molecule has 3 aromatic rings. The van der Waals surface area contributed by atoms with Crippen LogP contribution in [0.25, 0.3) is 11.0 Å². The van der Waals surface area contributed by atoms with E-state index >= 15 is 0 Å². The lowest BCUT2D eigenvalue weighted by Crippen LogP contribution is -2.29. The Hall–Kier alpha value is -2.89. The first kappa shape index (κ1) is 17.5. The minimum Gasteiger partial charge on any atom is -0.371 e. The molecule has 140 valence electrons. The van der Waals surface area contributed by atoms with Gasteiger partial charge in [0.05, 0.1) is 16.6 Å². The Labute approximate surface area is 159 Å². The Morgan fingerprint density at radius 2 is 2.07 bits per heavy atom. The van der Waals surface area contributed by atoms with Crippen molar-refractivity contribution in [2.24, 2.45) is 7.05 Å². The Kier molecular flexibility index (Phi) is 4.56. The predicted molar refractivity (Wildman–Crippen MR) is 107 cm³/mol. The van der Waals surface area contributed by atoms with Gasteiger partial charge in [-0.3, -0.25) is 9.48 Å². The lowest BCUT2D eigenvalue weighted by Gasteiger charge is -2.19. The first-order chi connectivity index (χ1) is 13.0. The van der Waals surface area contributed by atoms with Crippen LogP contribution in [0.15, 0.2) is 30.3 Å². The van der Waals surface area contributed by atoms with Gasteiger partial charge >= 0.3 is 0 Å². The van der Waals surface area contributed by atoms with Gasteiger partial charge in [0.1, 0.15) is 0 Å². The summed E-state index contributed by atoms with van der Waals surface area (Å²) in [5.41, 5.74) is 5.83. The fraction of sp³-hybridized carbons (Fsp3) is 0.381. The first-order valence-electron chi connectivity index (χ1n) is 9.46. The van der Waals surface area contributed by atoms with Crippen LogP contribution >= 0.6 is 0 Å². The molecule has 1 N–H and O–H groups in total. The molecular formula is C21H25N5O. The minimum absolute atomic E-state index is 0.0524. The van der Waals surface area contributed by atoms with E-state index in [0.717, 1.165) is 48.4 Å². The van der Waals surface area contributed by atoms with Crippen LogP contribution in [0.5, 0.6) is 0 Å². The Bertz CT molecular complexity index is 1010. The highest BCUT2D eigenvalue weighted by Crippen LogP contribution is 2.27. The van der Waals surface area contributed by atoms with E-state index < -0.39 is 0 Å². The van der Waals surface area contributed by atoms with E-state index in [4.69, 9.17) is 0 Å². The molecule has 0 unspecified atom stereocenters. The highest BCUT2D eigenvalue weighted by molar-refractivity contribution is 6.06. The van der Waals surface area contributed by atoms with E-state index in [1.165, 1.54) is 11.3 Å². The van der Waals surface area contributed by atoms with Crippen molar-refractivity contribution in [3.63, 3.8) is 0 Å². The van der Waals surface area contributed by atoms with E-state index in [1.54, 1.807) is 4.68 Å². The number of aromatic nitrogens is 3. The number of carbonyl (C=O) groups excluding carboxylic acids is 1. The molecule has 0 spiro atoms. The van der Waals surface area contributed by atoms with Crippen molar-refractivity contribution in [1.29, 1.82) is 0 Å². The van der Waals surface area contributed by atoms with Gasteiger partial charge in [-0.15, -0.1) is 0 Å². The zero-order chi connectivity index (χ0) is 19.0. The first-order valence-corrected chi connectivity index (χ1v) is 9.46. The fourth-order valence-electron chi connectivity index (χ4n) is 3.95. The molecule has 0 bridgehead atoms. The lowest BCUT2D eigenvalue weighted by molar-refractivity contribution is 0.0955. The van der Waals surface area contributed by atoms with Gasteiger partial charge in [0.15, 0.2) is 5.65 Å². The van der Waals surface area contributed by atoms with Crippen LogP contribution in [0.3, 0.4) is 0 Å². The van der Waals surface area contributed by atoms with Crippen LogP contribution < -0.4 is 10.2 Å². The molecule has 1 amide bonds. The van der Waals surface area contributed by atoms with Gasteiger partial charge in [0.25, 0.3) is 5.91 Å². The maximum absolute atomic E-state index is 12.8. The molecule has 6 heteroatoms. The van der Waals surface area contributed by atoms with Crippen LogP contribution in [-0.2, 0) is 13.5 Å². The molecule has 3 heterocycles. The molecule has 0 fully saturated rings. The summed E-state index contributed by atoms with van der Waals surface area (Å²) >= 11 is 0. The summed E-state index contributed by atoms with van der Waals surface area (Å²) in [6.07, 6.45) is 2.02. The second kappa shape index (κ2) is 7.02. The molecule has 27 heavy (non-hydrogen) atoms. The van der Waals surface area contributed by atoms with Gasteiger partial charge < -0.3 is 10.2 Å². The monoisotopic (exact) mass is 363 g/mol. The van der Waals surface area contributed by atoms with Crippen molar-refractivity contribution >= 4 is 22.6 Å². The van der Waals surface area contributed by atoms with E-state index in [2.05, 4.69) is 44.6 Å². The smallest absolute Gasteiger partial charge is 0.252 e. The van der Waals surface area contributed by atoms with Crippen molar-refractivity contribution in [2.45, 2.75) is 26.7 Å². The third-order valence-corrected chi connectivity index (χ3v) is 5.22. The molecule has 0 atom stereocenters. The molecular weight excluding hydrogens is 338 g/mol. The third kappa shape index (κ3) is 3.27. The van der Waals surface area contributed by atoms with Crippen molar-refractivity contribution in [3.05, 3.63) is 52.8 Å². The number of rotatable bonds is 5. The minimum atomic E-state index is -0.0524. The Morgan fingerprint density at radius 1 is 1.26 bits per heavy atom. The van der Waals surface area contributed by atoms with E-state index in [9.17, 15) is 4.79 Å². The molecule has 0 saturated carbocycles. The number of carbonyl (C=O) groups is 1. The molecule has 4 rings (SSSR count). The van der Waals surface area contributed by atoms with Crippen molar-refractivity contribution in [3.8, 4) is 0 Å². The van der Waals surface area contributed by atoms with Crippen LogP contribution in [0, 0.1) is 13.8 Å². The zero-order valence-corrected chi connectivity index (χ0v) is 16.1. The number of nitrogens with zero attached hydrogens (tertiary/aromatic N) is 4. The summed E-state index contributed by atoms with van der Waals surface area (Å²) < 4.78 is 1.74. The van der Waals surface area contributed by atoms with Gasteiger partial charge in [0, 0.05) is 38.1 Å². The maximum atomic E-state index is 12.8. The number of hydrogen-bond acceptors (Lipinski definition) is 4. The summed E-state index contributed by atoms with van der Waals surface area (Å²) in [6, 6.07) is 10.4. The SMILES string of the molecule is Cc1cc(C(=O)NCCCN2CCc3ccccc32)c2c(C)nn(C)c2n1. The zero-order valence-electron chi connectivity index (χ0n) is 16.1. The van der Waals surface area contributed by atoms with Gasteiger partial charge in [-0.25, -0.2) is 4.98 Å². The topological polar surface area (TPSA) is 63.1 Å². The van der Waals surface area contributed by atoms with Crippen LogP contribution in [-0.4, -0.2) is 40.3 Å². The highest BCUT2D eigenvalue weighted by Gasteiger charge is 2.19. The second-order valence-corrected chi connectivity index (χ2v) is 7.19. The number of para-hydroxylation sites is 1. The molecule has 1 aliphatic heterocycles. The summed E-state index contributed by atoms with van der Waals surface area (Å²) in [5.74, 6) is -0.0524. The molecule has 1 aliphatic rings. The number of aryl methyl sites for hydroxylation is 3. The molecule has 0 saturated heterocycles. The van der Waals surface area contributed by atoms with Gasteiger partial charge in [-0.2, -0.15) is 5.10 Å². The number of benzene rings is 1. The number of pyridine rings is 1. The predicted octanol–water partition coefficient (Wildman–Crippen LogP) is 2.77. The quantitative estimate of drug-likeness (QED) is 0.708. The van der Waals surface area contributed by atoms with Crippen molar-refractivity contribution < 1.29 is 4.79 Å². The Morgan fingerprint density at radius 3 is 2.93 bits per heavy atom. The number of hydrogen-bond donors (Lipinski definition) is 1. The Balaban J connectivity index is 1.40. The average molecular weight is 363 g/mol. The highest BCUT2D eigenvalue weighted by atomic mass is 16.1. The number of anilines is 1. The molecule has 1 aromatic carbocycles. The average Bonchev–Trinajstić information content (AvgIpc) is 3.19. The fourth-order valence-corrected chi connectivity index (χ4v) is 3.95. The number of fused-ring (bicyclic) bond motifs is 2. The van der Waals surface area contributed by atoms with Gasteiger partial charge in [0.2, 0.25) is 0 Å². The van der Waals surface area contributed by atoms with E-state index in [0.29, 0.717) is 12.1 Å². The van der Waals surface area contributed by atoms with Crippen molar-refractivity contribution in [2.75, 3.05) is 24.5 Å². The summed E-state index contributed by atoms with van der Waals surface area (Å²) in [7, 11) is 1.86. The second-order valence-electron chi connectivity index (χ2n) is 7.19. The molecule has 6 nitrogen and oxygen atoms in total. The molecule has 0 aliphatic carbocycles. The summed E-state index contributed by atoms with van der Waals surface area (Å²) in [5, 5.41) is 8.33. The lowest BCUT2D eigenvalue weighted by atomic mass is 10.1.